The third-order valence-corrected chi connectivity index (χ3v) is 4.20. The molecule has 2 rings (SSSR count). The first-order valence-electron chi connectivity index (χ1n) is 7.19. The molecule has 1 aromatic carbocycles. The number of pyridine rings is 1. The summed E-state index contributed by atoms with van der Waals surface area (Å²) in [5, 5.41) is 0. The quantitative estimate of drug-likeness (QED) is 0.562. The van der Waals surface area contributed by atoms with E-state index < -0.39 is 11.7 Å². The lowest BCUT2D eigenvalue weighted by Gasteiger charge is -2.14. The van der Waals surface area contributed by atoms with Gasteiger partial charge in [-0.1, -0.05) is 6.08 Å². The molecular weight excluding hydrogens is 465 g/mol. The molecule has 1 aromatic heterocycles. The molecule has 2 N–H and O–H groups in total. The fourth-order valence-corrected chi connectivity index (χ4v) is 2.66. The van der Waals surface area contributed by atoms with Crippen molar-refractivity contribution < 1.29 is 17.9 Å². The summed E-state index contributed by atoms with van der Waals surface area (Å²) < 4.78 is 44.4. The lowest BCUT2D eigenvalue weighted by Crippen LogP contribution is -2.07. The summed E-state index contributed by atoms with van der Waals surface area (Å²) in [5.74, 6) is 0.419. The van der Waals surface area contributed by atoms with Crippen molar-refractivity contribution in [3.05, 3.63) is 56.1 Å². The van der Waals surface area contributed by atoms with E-state index in [4.69, 9.17) is 10.5 Å². The van der Waals surface area contributed by atoms with Crippen LogP contribution in [0.25, 0.3) is 0 Å². The van der Waals surface area contributed by atoms with Gasteiger partial charge in [0.05, 0.1) is 14.6 Å². The van der Waals surface area contributed by atoms with Crippen molar-refractivity contribution in [3.63, 3.8) is 0 Å². The van der Waals surface area contributed by atoms with Gasteiger partial charge in [-0.05, 0) is 87.0 Å². The second kappa shape index (κ2) is 7.78. The Kier molecular flexibility index (Phi) is 6.16. The predicted octanol–water partition coefficient (Wildman–Crippen LogP) is 6.27. The zero-order chi connectivity index (χ0) is 18.8. The SMILES string of the molecule is Cc1cc(Oc2ncc(C(F)(F)F)cc2N)cc(C)c1CC=C(Br)Br. The van der Waals surface area contributed by atoms with Crippen LogP contribution in [0.4, 0.5) is 18.9 Å². The van der Waals surface area contributed by atoms with Gasteiger partial charge in [-0.3, -0.25) is 0 Å². The minimum atomic E-state index is -4.49. The molecule has 0 saturated carbocycles. The number of hydrogen-bond donors (Lipinski definition) is 1. The highest BCUT2D eigenvalue weighted by Gasteiger charge is 2.31. The number of allylic oxidation sites excluding steroid dienone is 1. The summed E-state index contributed by atoms with van der Waals surface area (Å²) in [5.41, 5.74) is 7.70. The molecule has 0 radical (unpaired) electrons. The zero-order valence-electron chi connectivity index (χ0n) is 13.4. The highest BCUT2D eigenvalue weighted by atomic mass is 79.9. The first-order valence-corrected chi connectivity index (χ1v) is 8.78. The van der Waals surface area contributed by atoms with Gasteiger partial charge < -0.3 is 10.5 Å². The topological polar surface area (TPSA) is 48.1 Å². The Morgan fingerprint density at radius 3 is 2.28 bits per heavy atom. The van der Waals surface area contributed by atoms with E-state index >= 15 is 0 Å². The van der Waals surface area contributed by atoms with Gasteiger partial charge in [0.1, 0.15) is 5.75 Å². The summed E-state index contributed by atoms with van der Waals surface area (Å²) in [6.45, 7) is 3.88. The number of anilines is 1. The van der Waals surface area contributed by atoms with E-state index in [1.807, 2.05) is 19.9 Å². The standard InChI is InChI=1S/C17H15Br2F3N2O/c1-9-5-12(6-10(2)13(9)3-4-15(18)19)25-16-14(23)7-11(8-24-16)17(20,21)22/h4-8H,3,23H2,1-2H3. The molecule has 0 fully saturated rings. The summed E-state index contributed by atoms with van der Waals surface area (Å²) >= 11 is 6.64. The zero-order valence-corrected chi connectivity index (χ0v) is 16.6. The van der Waals surface area contributed by atoms with Crippen LogP contribution in [0.1, 0.15) is 22.3 Å². The molecule has 0 aliphatic carbocycles. The molecule has 3 nitrogen and oxygen atoms in total. The van der Waals surface area contributed by atoms with Gasteiger partial charge >= 0.3 is 6.18 Å². The number of aryl methyl sites for hydroxylation is 2. The molecule has 0 aliphatic rings. The summed E-state index contributed by atoms with van der Waals surface area (Å²) in [6, 6.07) is 4.42. The van der Waals surface area contributed by atoms with Crippen LogP contribution in [0.15, 0.2) is 33.9 Å². The van der Waals surface area contributed by atoms with Gasteiger partial charge in [0, 0.05) is 6.20 Å². The highest BCUT2D eigenvalue weighted by Crippen LogP contribution is 2.34. The Balaban J connectivity index is 2.28. The third kappa shape index (κ3) is 5.22. The van der Waals surface area contributed by atoms with E-state index in [1.54, 1.807) is 12.1 Å². The molecule has 0 aliphatic heterocycles. The van der Waals surface area contributed by atoms with Crippen LogP contribution in [0.2, 0.25) is 0 Å². The van der Waals surface area contributed by atoms with E-state index in [2.05, 4.69) is 36.8 Å². The van der Waals surface area contributed by atoms with Crippen molar-refractivity contribution in [2.75, 3.05) is 5.73 Å². The molecule has 0 unspecified atom stereocenters. The van der Waals surface area contributed by atoms with E-state index in [-0.39, 0.29) is 11.6 Å². The molecule has 0 saturated heterocycles. The van der Waals surface area contributed by atoms with Crippen LogP contribution >= 0.6 is 31.9 Å². The number of halogens is 5. The number of nitrogens with zero attached hydrogens (tertiary/aromatic N) is 1. The molecule has 0 atom stereocenters. The fourth-order valence-electron chi connectivity index (χ4n) is 2.33. The van der Waals surface area contributed by atoms with E-state index in [0.717, 1.165) is 32.6 Å². The largest absolute Gasteiger partial charge is 0.437 e. The van der Waals surface area contributed by atoms with Crippen LogP contribution in [0.3, 0.4) is 0 Å². The van der Waals surface area contributed by atoms with Crippen LogP contribution in [-0.4, -0.2) is 4.98 Å². The third-order valence-electron chi connectivity index (χ3n) is 3.55. The molecule has 0 spiro atoms. The van der Waals surface area contributed by atoms with Crippen LogP contribution in [0, 0.1) is 13.8 Å². The van der Waals surface area contributed by atoms with Gasteiger partial charge in [-0.2, -0.15) is 13.2 Å². The highest BCUT2D eigenvalue weighted by molar-refractivity contribution is 9.28. The van der Waals surface area contributed by atoms with Gasteiger partial charge in [0.25, 0.3) is 0 Å². The monoisotopic (exact) mass is 478 g/mol. The minimum absolute atomic E-state index is 0.0531. The molecule has 1 heterocycles. The Labute approximate surface area is 160 Å². The van der Waals surface area contributed by atoms with Gasteiger partial charge in [-0.15, -0.1) is 0 Å². The number of ether oxygens (including phenoxy) is 1. The van der Waals surface area contributed by atoms with Crippen LogP contribution in [-0.2, 0) is 12.6 Å². The summed E-state index contributed by atoms with van der Waals surface area (Å²) in [7, 11) is 0. The van der Waals surface area contributed by atoms with Crippen molar-refractivity contribution >= 4 is 37.5 Å². The number of aromatic nitrogens is 1. The van der Waals surface area contributed by atoms with Crippen molar-refractivity contribution in [2.24, 2.45) is 0 Å². The number of nitrogen functional groups attached to an aromatic ring is 1. The van der Waals surface area contributed by atoms with Gasteiger partial charge in [0.2, 0.25) is 5.88 Å². The van der Waals surface area contributed by atoms with E-state index in [9.17, 15) is 13.2 Å². The lowest BCUT2D eigenvalue weighted by molar-refractivity contribution is -0.137. The molecule has 8 heteroatoms. The maximum atomic E-state index is 12.7. The first kappa shape index (κ1) is 19.8. The average Bonchev–Trinajstić information content (AvgIpc) is 2.47. The molecule has 2 aromatic rings. The van der Waals surface area contributed by atoms with Crippen molar-refractivity contribution in [1.82, 2.24) is 4.98 Å². The second-order valence-corrected chi connectivity index (χ2v) is 8.22. The maximum absolute atomic E-state index is 12.7. The number of rotatable bonds is 4. The first-order chi connectivity index (χ1) is 11.6. The van der Waals surface area contributed by atoms with Crippen molar-refractivity contribution in [1.29, 1.82) is 0 Å². The number of benzene rings is 1. The maximum Gasteiger partial charge on any atom is 0.417 e. The normalized spacial score (nSPS) is 11.3. The second-order valence-electron chi connectivity index (χ2n) is 5.45. The molecule has 0 bridgehead atoms. The van der Waals surface area contributed by atoms with Gasteiger partial charge in [-0.25, -0.2) is 4.98 Å². The predicted molar refractivity (Wildman–Crippen MR) is 99.3 cm³/mol. The minimum Gasteiger partial charge on any atom is -0.437 e. The van der Waals surface area contributed by atoms with Crippen LogP contribution in [0.5, 0.6) is 11.6 Å². The molecule has 0 amide bonds. The number of hydrogen-bond acceptors (Lipinski definition) is 3. The average molecular weight is 480 g/mol. The number of alkyl halides is 3. The fraction of sp³-hybridized carbons (Fsp3) is 0.235. The van der Waals surface area contributed by atoms with Crippen molar-refractivity contribution in [3.8, 4) is 11.6 Å². The molecule has 134 valence electrons. The Morgan fingerprint density at radius 1 is 1.20 bits per heavy atom. The van der Waals surface area contributed by atoms with Crippen molar-refractivity contribution in [2.45, 2.75) is 26.4 Å². The summed E-state index contributed by atoms with van der Waals surface area (Å²) in [4.78, 5) is 3.69. The number of nitrogens with two attached hydrogens (primary N) is 1. The van der Waals surface area contributed by atoms with Gasteiger partial charge in [0.15, 0.2) is 0 Å². The lowest BCUT2D eigenvalue weighted by atomic mass is 9.99. The molecule has 25 heavy (non-hydrogen) atoms. The molecular formula is C17H15Br2F3N2O. The Bertz CT molecular complexity index is 793. The van der Waals surface area contributed by atoms with E-state index in [1.165, 1.54) is 0 Å². The summed E-state index contributed by atoms with van der Waals surface area (Å²) in [6.07, 6.45) is -1.08. The smallest absolute Gasteiger partial charge is 0.417 e. The Hall–Kier alpha value is -1.54. The van der Waals surface area contributed by atoms with Crippen LogP contribution < -0.4 is 10.5 Å². The Morgan fingerprint density at radius 2 is 1.80 bits per heavy atom. The van der Waals surface area contributed by atoms with E-state index in [0.29, 0.717) is 11.9 Å².